The summed E-state index contributed by atoms with van der Waals surface area (Å²) in [5.41, 5.74) is -0.734. The first kappa shape index (κ1) is 14.7. The standard InChI is InChI=1S/C10H8F3NO5/c1-18-9(15)4-6-2-3-7(14(16)17)5-8(6)19-10(11,12)13/h2-3,5H,4H2,1H3. The summed E-state index contributed by atoms with van der Waals surface area (Å²) in [6.45, 7) is 0. The number of benzene rings is 1. The Labute approximate surface area is 104 Å². The molecule has 9 heteroatoms. The molecule has 6 nitrogen and oxygen atoms in total. The summed E-state index contributed by atoms with van der Waals surface area (Å²) in [7, 11) is 1.07. The van der Waals surface area contributed by atoms with E-state index in [1.165, 1.54) is 0 Å². The lowest BCUT2D eigenvalue weighted by Crippen LogP contribution is -2.19. The predicted octanol–water partition coefficient (Wildman–Crippen LogP) is 2.21. The second-order valence-electron chi connectivity index (χ2n) is 3.35. The molecule has 0 amide bonds. The highest BCUT2D eigenvalue weighted by Gasteiger charge is 2.33. The second kappa shape index (κ2) is 5.55. The van der Waals surface area contributed by atoms with Crippen molar-refractivity contribution >= 4 is 11.7 Å². The van der Waals surface area contributed by atoms with Crippen molar-refractivity contribution in [2.75, 3.05) is 7.11 Å². The van der Waals surface area contributed by atoms with Gasteiger partial charge in [0, 0.05) is 11.6 Å². The van der Waals surface area contributed by atoms with Crippen LogP contribution in [-0.2, 0) is 16.0 Å². The van der Waals surface area contributed by atoms with Gasteiger partial charge in [0.25, 0.3) is 5.69 Å². The van der Waals surface area contributed by atoms with Crippen molar-refractivity contribution in [2.45, 2.75) is 12.8 Å². The van der Waals surface area contributed by atoms with Crippen LogP contribution in [0.3, 0.4) is 0 Å². The van der Waals surface area contributed by atoms with Crippen molar-refractivity contribution < 1.29 is 32.4 Å². The number of halogens is 3. The maximum absolute atomic E-state index is 12.2. The molecule has 1 aromatic carbocycles. The molecule has 0 bridgehead atoms. The number of carbonyl (C=O) groups is 1. The molecule has 0 atom stereocenters. The monoisotopic (exact) mass is 279 g/mol. The fourth-order valence-corrected chi connectivity index (χ4v) is 1.25. The lowest BCUT2D eigenvalue weighted by atomic mass is 10.1. The molecule has 0 spiro atoms. The maximum atomic E-state index is 12.2. The molecule has 0 N–H and O–H groups in total. The Balaban J connectivity index is 3.14. The first-order valence-electron chi connectivity index (χ1n) is 4.83. The molecule has 0 heterocycles. The number of carbonyl (C=O) groups excluding carboxylic acids is 1. The van der Waals surface area contributed by atoms with Gasteiger partial charge in [-0.1, -0.05) is 0 Å². The third-order valence-electron chi connectivity index (χ3n) is 2.05. The average molecular weight is 279 g/mol. The Hall–Kier alpha value is -2.32. The topological polar surface area (TPSA) is 78.7 Å². The van der Waals surface area contributed by atoms with Crippen LogP contribution in [0.15, 0.2) is 18.2 Å². The molecular weight excluding hydrogens is 271 g/mol. The number of ether oxygens (including phenoxy) is 2. The number of hydrogen-bond donors (Lipinski definition) is 0. The largest absolute Gasteiger partial charge is 0.573 e. The van der Waals surface area contributed by atoms with Crippen molar-refractivity contribution in [1.82, 2.24) is 0 Å². The van der Waals surface area contributed by atoms with Gasteiger partial charge >= 0.3 is 12.3 Å². The lowest BCUT2D eigenvalue weighted by molar-refractivity contribution is -0.385. The van der Waals surface area contributed by atoms with Gasteiger partial charge in [-0.2, -0.15) is 0 Å². The van der Waals surface area contributed by atoms with Crippen molar-refractivity contribution in [3.05, 3.63) is 33.9 Å². The number of nitrogens with zero attached hydrogens (tertiary/aromatic N) is 1. The molecule has 0 saturated carbocycles. The molecule has 1 rings (SSSR count). The number of nitro benzene ring substituents is 1. The van der Waals surface area contributed by atoms with E-state index in [9.17, 15) is 28.1 Å². The minimum Gasteiger partial charge on any atom is -0.469 e. The summed E-state index contributed by atoms with van der Waals surface area (Å²) in [5, 5.41) is 10.5. The SMILES string of the molecule is COC(=O)Cc1ccc([N+](=O)[O-])cc1OC(F)(F)F. The number of alkyl halides is 3. The summed E-state index contributed by atoms with van der Waals surface area (Å²) in [6.07, 6.45) is -5.50. The van der Waals surface area contributed by atoms with Crippen LogP contribution in [0, 0.1) is 10.1 Å². The van der Waals surface area contributed by atoms with Crippen LogP contribution in [0.5, 0.6) is 5.75 Å². The Morgan fingerprint density at radius 1 is 1.42 bits per heavy atom. The fourth-order valence-electron chi connectivity index (χ4n) is 1.25. The number of hydrogen-bond acceptors (Lipinski definition) is 5. The van der Waals surface area contributed by atoms with Gasteiger partial charge in [-0.05, 0) is 6.07 Å². The number of esters is 1. The van der Waals surface area contributed by atoms with Crippen LogP contribution >= 0.6 is 0 Å². The predicted molar refractivity (Wildman–Crippen MR) is 55.5 cm³/mol. The van der Waals surface area contributed by atoms with E-state index >= 15 is 0 Å². The normalized spacial score (nSPS) is 10.9. The quantitative estimate of drug-likeness (QED) is 0.479. The molecule has 0 unspecified atom stereocenters. The van der Waals surface area contributed by atoms with Gasteiger partial charge in [0.1, 0.15) is 5.75 Å². The van der Waals surface area contributed by atoms with E-state index < -0.39 is 35.1 Å². The number of rotatable bonds is 4. The number of nitro groups is 1. The maximum Gasteiger partial charge on any atom is 0.573 e. The smallest absolute Gasteiger partial charge is 0.469 e. The van der Waals surface area contributed by atoms with Crippen molar-refractivity contribution in [3.63, 3.8) is 0 Å². The molecule has 1 aromatic rings. The highest BCUT2D eigenvalue weighted by Crippen LogP contribution is 2.30. The van der Waals surface area contributed by atoms with E-state index in [1.54, 1.807) is 0 Å². The molecule has 0 aromatic heterocycles. The number of non-ortho nitro benzene ring substituents is 1. The Kier molecular flexibility index (Phi) is 4.30. The van der Waals surface area contributed by atoms with E-state index in [2.05, 4.69) is 9.47 Å². The third kappa shape index (κ3) is 4.45. The van der Waals surface area contributed by atoms with E-state index in [-0.39, 0.29) is 5.56 Å². The lowest BCUT2D eigenvalue weighted by Gasteiger charge is -2.12. The van der Waals surface area contributed by atoms with Crippen molar-refractivity contribution in [2.24, 2.45) is 0 Å². The molecule has 0 aliphatic carbocycles. The van der Waals surface area contributed by atoms with Gasteiger partial charge < -0.3 is 9.47 Å². The zero-order valence-electron chi connectivity index (χ0n) is 9.56. The first-order chi connectivity index (χ1) is 8.73. The van der Waals surface area contributed by atoms with Crippen LogP contribution in [-0.4, -0.2) is 24.4 Å². The number of methoxy groups -OCH3 is 1. The summed E-state index contributed by atoms with van der Waals surface area (Å²) in [6, 6.07) is 2.59. The summed E-state index contributed by atoms with van der Waals surface area (Å²) in [4.78, 5) is 20.6. The molecule has 104 valence electrons. The molecule has 0 aliphatic heterocycles. The van der Waals surface area contributed by atoms with E-state index in [0.717, 1.165) is 19.2 Å². The van der Waals surface area contributed by atoms with Crippen molar-refractivity contribution in [3.8, 4) is 5.75 Å². The molecule has 0 fully saturated rings. The van der Waals surface area contributed by atoms with Gasteiger partial charge in [0.2, 0.25) is 0 Å². The van der Waals surface area contributed by atoms with Gasteiger partial charge in [-0.15, -0.1) is 13.2 Å². The van der Waals surface area contributed by atoms with Gasteiger partial charge in [-0.3, -0.25) is 14.9 Å². The fraction of sp³-hybridized carbons (Fsp3) is 0.300. The van der Waals surface area contributed by atoms with Crippen LogP contribution in [0.1, 0.15) is 5.56 Å². The molecule has 0 radical (unpaired) electrons. The highest BCUT2D eigenvalue weighted by molar-refractivity contribution is 5.73. The van der Waals surface area contributed by atoms with Gasteiger partial charge in [0.15, 0.2) is 0 Å². The minimum atomic E-state index is -5.01. The van der Waals surface area contributed by atoms with E-state index in [0.29, 0.717) is 6.07 Å². The first-order valence-corrected chi connectivity index (χ1v) is 4.83. The summed E-state index contributed by atoms with van der Waals surface area (Å²) < 4.78 is 44.5. The van der Waals surface area contributed by atoms with Gasteiger partial charge in [-0.25, -0.2) is 0 Å². The average Bonchev–Trinajstić information content (AvgIpc) is 2.29. The molecule has 0 aliphatic rings. The van der Waals surface area contributed by atoms with Crippen LogP contribution in [0.25, 0.3) is 0 Å². The molecular formula is C10H8F3NO5. The molecule has 19 heavy (non-hydrogen) atoms. The Morgan fingerprint density at radius 3 is 2.53 bits per heavy atom. The highest BCUT2D eigenvalue weighted by atomic mass is 19.4. The van der Waals surface area contributed by atoms with E-state index in [1.807, 2.05) is 0 Å². The third-order valence-corrected chi connectivity index (χ3v) is 2.05. The summed E-state index contributed by atoms with van der Waals surface area (Å²) in [5.74, 6) is -1.59. The Morgan fingerprint density at radius 2 is 2.05 bits per heavy atom. The van der Waals surface area contributed by atoms with Crippen LogP contribution in [0.2, 0.25) is 0 Å². The summed E-state index contributed by atoms with van der Waals surface area (Å²) >= 11 is 0. The van der Waals surface area contributed by atoms with Crippen molar-refractivity contribution in [1.29, 1.82) is 0 Å². The zero-order valence-corrected chi connectivity index (χ0v) is 9.56. The second-order valence-corrected chi connectivity index (χ2v) is 3.35. The molecule has 0 saturated heterocycles. The van der Waals surface area contributed by atoms with Crippen LogP contribution < -0.4 is 4.74 Å². The zero-order chi connectivity index (χ0) is 14.6. The van der Waals surface area contributed by atoms with E-state index in [4.69, 9.17) is 0 Å². The van der Waals surface area contributed by atoms with Gasteiger partial charge in [0.05, 0.1) is 24.5 Å². The Bertz CT molecular complexity index is 500. The minimum absolute atomic E-state index is 0.158. The van der Waals surface area contributed by atoms with Crippen LogP contribution in [0.4, 0.5) is 18.9 Å².